The zero-order valence-electron chi connectivity index (χ0n) is 18.0. The lowest BCUT2D eigenvalue weighted by molar-refractivity contribution is -0.384. The van der Waals surface area contributed by atoms with Crippen molar-refractivity contribution in [3.8, 4) is 17.6 Å². The minimum Gasteiger partial charge on any atom is -0.493 e. The van der Waals surface area contributed by atoms with Crippen LogP contribution >= 0.6 is 27.5 Å². The molecule has 0 unspecified atom stereocenters. The summed E-state index contributed by atoms with van der Waals surface area (Å²) < 4.78 is 11.1. The van der Waals surface area contributed by atoms with E-state index in [1.807, 2.05) is 0 Å². The lowest BCUT2D eigenvalue weighted by atomic mass is 10.1. The topological polar surface area (TPSA) is 132 Å². The van der Waals surface area contributed by atoms with Crippen molar-refractivity contribution >= 4 is 56.9 Å². The first-order valence-corrected chi connectivity index (χ1v) is 10.9. The van der Waals surface area contributed by atoms with E-state index in [-0.39, 0.29) is 33.5 Å². The van der Waals surface area contributed by atoms with E-state index in [2.05, 4.69) is 21.2 Å². The number of carbonyl (C=O) groups is 2. The Kier molecular flexibility index (Phi) is 8.20. The third-order valence-corrected chi connectivity index (χ3v) is 5.45. The van der Waals surface area contributed by atoms with E-state index in [1.165, 1.54) is 31.4 Å². The molecule has 3 rings (SSSR count). The van der Waals surface area contributed by atoms with Gasteiger partial charge in [-0.2, -0.15) is 5.26 Å². The van der Waals surface area contributed by atoms with Gasteiger partial charge in [-0.15, -0.1) is 0 Å². The van der Waals surface area contributed by atoms with Crippen molar-refractivity contribution in [1.29, 1.82) is 5.26 Å². The molecule has 0 aliphatic rings. The number of rotatable bonds is 7. The van der Waals surface area contributed by atoms with Crippen molar-refractivity contribution in [2.45, 2.75) is 0 Å². The van der Waals surface area contributed by atoms with Crippen LogP contribution in [-0.4, -0.2) is 23.9 Å². The maximum absolute atomic E-state index is 12.6. The van der Waals surface area contributed by atoms with Crippen LogP contribution in [0.4, 0.5) is 11.4 Å². The number of nitrogens with zero attached hydrogens (tertiary/aromatic N) is 2. The second-order valence-corrected chi connectivity index (χ2v) is 8.10. The first-order chi connectivity index (χ1) is 16.7. The van der Waals surface area contributed by atoms with E-state index in [1.54, 1.807) is 42.5 Å². The van der Waals surface area contributed by atoms with Crippen molar-refractivity contribution in [2.75, 3.05) is 12.4 Å². The van der Waals surface area contributed by atoms with Crippen LogP contribution < -0.4 is 14.8 Å². The Hall–Kier alpha value is -4.20. The summed E-state index contributed by atoms with van der Waals surface area (Å²) in [4.78, 5) is 35.3. The number of ether oxygens (including phenoxy) is 2. The van der Waals surface area contributed by atoms with Crippen LogP contribution in [0.1, 0.15) is 15.9 Å². The first-order valence-electron chi connectivity index (χ1n) is 9.75. The summed E-state index contributed by atoms with van der Waals surface area (Å²) in [7, 11) is 1.38. The van der Waals surface area contributed by atoms with Crippen LogP contribution in [0.2, 0.25) is 5.02 Å². The van der Waals surface area contributed by atoms with Gasteiger partial charge in [0.05, 0.1) is 32.8 Å². The number of amides is 1. The van der Waals surface area contributed by atoms with E-state index in [9.17, 15) is 25.0 Å². The molecule has 0 aromatic heterocycles. The Labute approximate surface area is 212 Å². The number of nitrogens with one attached hydrogen (secondary N) is 1. The Morgan fingerprint density at radius 1 is 1.17 bits per heavy atom. The molecule has 0 atom stereocenters. The molecule has 0 fully saturated rings. The Morgan fingerprint density at radius 2 is 1.89 bits per heavy atom. The van der Waals surface area contributed by atoms with Gasteiger partial charge in [-0.25, -0.2) is 4.79 Å². The predicted octanol–water partition coefficient (Wildman–Crippen LogP) is 5.78. The zero-order chi connectivity index (χ0) is 25.5. The normalized spacial score (nSPS) is 10.7. The molecule has 35 heavy (non-hydrogen) atoms. The Bertz CT molecular complexity index is 1390. The molecule has 9 nitrogen and oxygen atoms in total. The number of nitro benzene ring substituents is 1. The average molecular weight is 557 g/mol. The summed E-state index contributed by atoms with van der Waals surface area (Å²) >= 11 is 9.33. The Morgan fingerprint density at radius 3 is 2.49 bits per heavy atom. The van der Waals surface area contributed by atoms with Gasteiger partial charge in [-0.3, -0.25) is 14.9 Å². The maximum atomic E-state index is 12.6. The summed E-state index contributed by atoms with van der Waals surface area (Å²) in [5.74, 6) is -1.06. The highest BCUT2D eigenvalue weighted by Gasteiger charge is 2.18. The second-order valence-electron chi connectivity index (χ2n) is 6.83. The van der Waals surface area contributed by atoms with Crippen LogP contribution in [0.3, 0.4) is 0 Å². The lowest BCUT2D eigenvalue weighted by Gasteiger charge is -2.12. The number of hydrogen-bond donors (Lipinski definition) is 1. The van der Waals surface area contributed by atoms with Crippen molar-refractivity contribution in [1.82, 2.24) is 0 Å². The monoisotopic (exact) mass is 555 g/mol. The van der Waals surface area contributed by atoms with Crippen LogP contribution in [0, 0.1) is 21.4 Å². The van der Waals surface area contributed by atoms with Gasteiger partial charge in [0.15, 0.2) is 11.5 Å². The van der Waals surface area contributed by atoms with Crippen molar-refractivity contribution in [3.05, 3.63) is 97.0 Å². The lowest BCUT2D eigenvalue weighted by Crippen LogP contribution is -2.14. The second kappa shape index (κ2) is 11.3. The maximum Gasteiger partial charge on any atom is 0.343 e. The van der Waals surface area contributed by atoms with Crippen LogP contribution in [0.15, 0.2) is 70.7 Å². The van der Waals surface area contributed by atoms with Crippen LogP contribution in [-0.2, 0) is 4.79 Å². The first kappa shape index (κ1) is 25.4. The van der Waals surface area contributed by atoms with Crippen LogP contribution in [0.25, 0.3) is 6.08 Å². The van der Waals surface area contributed by atoms with Gasteiger partial charge in [0.2, 0.25) is 0 Å². The molecule has 11 heteroatoms. The molecule has 176 valence electrons. The van der Waals surface area contributed by atoms with E-state index in [0.29, 0.717) is 15.6 Å². The number of benzene rings is 3. The van der Waals surface area contributed by atoms with Gasteiger partial charge < -0.3 is 14.8 Å². The van der Waals surface area contributed by atoms with Crippen LogP contribution in [0.5, 0.6) is 11.5 Å². The van der Waals surface area contributed by atoms with E-state index in [4.69, 9.17) is 21.1 Å². The molecule has 3 aromatic carbocycles. The molecule has 0 aliphatic carbocycles. The van der Waals surface area contributed by atoms with E-state index >= 15 is 0 Å². The molecule has 0 saturated heterocycles. The minimum absolute atomic E-state index is 0.0566. The highest BCUT2D eigenvalue weighted by Crippen LogP contribution is 2.38. The summed E-state index contributed by atoms with van der Waals surface area (Å²) in [5, 5.41) is 22.7. The third-order valence-electron chi connectivity index (χ3n) is 4.54. The van der Waals surface area contributed by atoms with Gasteiger partial charge in [0.25, 0.3) is 11.6 Å². The molecular weight excluding hydrogens is 542 g/mol. The van der Waals surface area contributed by atoms with Gasteiger partial charge in [-0.1, -0.05) is 29.8 Å². The fourth-order valence-corrected chi connectivity index (χ4v) is 3.63. The highest BCUT2D eigenvalue weighted by molar-refractivity contribution is 9.10. The molecule has 0 spiro atoms. The van der Waals surface area contributed by atoms with Crippen molar-refractivity contribution < 1.29 is 24.0 Å². The molecule has 0 heterocycles. The fourth-order valence-electron chi connectivity index (χ4n) is 2.87. The standard InChI is InChI=1S/C24H15BrClN3O6/c1-34-21-11-14(10-18(25)22(21)35-24(31)15-5-3-2-4-6-15)9-16(13-27)23(30)28-20-8-7-17(29(32)33)12-19(20)26/h2-12H,1H3,(H,28,30)/b16-9-. The summed E-state index contributed by atoms with van der Waals surface area (Å²) in [6.07, 6.45) is 1.30. The summed E-state index contributed by atoms with van der Waals surface area (Å²) in [6.45, 7) is 0. The number of methoxy groups -OCH3 is 1. The largest absolute Gasteiger partial charge is 0.493 e. The van der Waals surface area contributed by atoms with E-state index < -0.39 is 16.8 Å². The van der Waals surface area contributed by atoms with Gasteiger partial charge in [0, 0.05) is 12.1 Å². The van der Waals surface area contributed by atoms with E-state index in [0.717, 1.165) is 6.07 Å². The third kappa shape index (κ3) is 6.23. The number of anilines is 1. The molecule has 1 amide bonds. The molecule has 0 radical (unpaired) electrons. The Balaban J connectivity index is 1.86. The number of hydrogen-bond acceptors (Lipinski definition) is 7. The summed E-state index contributed by atoms with van der Waals surface area (Å²) in [5.41, 5.74) is 0.329. The number of non-ortho nitro benzene ring substituents is 1. The average Bonchev–Trinajstić information content (AvgIpc) is 2.85. The number of nitro groups is 1. The number of esters is 1. The van der Waals surface area contributed by atoms with Gasteiger partial charge in [-0.05, 0) is 57.9 Å². The number of nitriles is 1. The minimum atomic E-state index is -0.780. The van der Waals surface area contributed by atoms with Crippen molar-refractivity contribution in [2.24, 2.45) is 0 Å². The quantitative estimate of drug-likeness (QED) is 0.0973. The smallest absolute Gasteiger partial charge is 0.343 e. The molecule has 1 N–H and O–H groups in total. The highest BCUT2D eigenvalue weighted by atomic mass is 79.9. The predicted molar refractivity (Wildman–Crippen MR) is 132 cm³/mol. The summed E-state index contributed by atoms with van der Waals surface area (Å²) in [6, 6.07) is 16.7. The molecule has 3 aromatic rings. The molecule has 0 bridgehead atoms. The zero-order valence-corrected chi connectivity index (χ0v) is 20.3. The van der Waals surface area contributed by atoms with Gasteiger partial charge in [0.1, 0.15) is 11.6 Å². The SMILES string of the molecule is COc1cc(/C=C(/C#N)C(=O)Nc2ccc([N+](=O)[O-])cc2Cl)cc(Br)c1OC(=O)c1ccccc1. The molecule has 0 saturated carbocycles. The molecule has 0 aliphatic heterocycles. The van der Waals surface area contributed by atoms with Gasteiger partial charge >= 0.3 is 5.97 Å². The number of carbonyl (C=O) groups excluding carboxylic acids is 2. The number of halogens is 2. The fraction of sp³-hybridized carbons (Fsp3) is 0.0417. The molecular formula is C24H15BrClN3O6. The van der Waals surface area contributed by atoms with Crippen molar-refractivity contribution in [3.63, 3.8) is 0 Å².